The maximum atomic E-state index is 11.8. The Morgan fingerprint density at radius 2 is 1.83 bits per heavy atom. The first-order valence-corrected chi connectivity index (χ1v) is 7.71. The summed E-state index contributed by atoms with van der Waals surface area (Å²) in [5.41, 5.74) is -0.824. The molecule has 0 atom stereocenters. The molecule has 1 aliphatic carbocycles. The molecule has 0 heterocycles. The Morgan fingerprint density at radius 1 is 1.22 bits per heavy atom. The van der Waals surface area contributed by atoms with Crippen molar-refractivity contribution in [2.45, 2.75) is 57.5 Å². The smallest absolute Gasteiger partial charge is 0.412 e. The van der Waals surface area contributed by atoms with Crippen molar-refractivity contribution in [2.75, 3.05) is 5.32 Å². The SMILES string of the molecule is CC(C)(C)OC(=O)Nc1ccc(C2(C(=O)O)CCCC2)cc1O. The minimum atomic E-state index is -0.943. The first-order valence-electron chi connectivity index (χ1n) is 7.71. The number of aromatic hydroxyl groups is 1. The topological polar surface area (TPSA) is 95.9 Å². The largest absolute Gasteiger partial charge is 0.506 e. The lowest BCUT2D eigenvalue weighted by atomic mass is 9.79. The van der Waals surface area contributed by atoms with E-state index in [1.165, 1.54) is 12.1 Å². The zero-order valence-electron chi connectivity index (χ0n) is 13.7. The van der Waals surface area contributed by atoms with Crippen molar-refractivity contribution >= 4 is 17.7 Å². The Kier molecular flexibility index (Phi) is 4.54. The van der Waals surface area contributed by atoms with Gasteiger partial charge >= 0.3 is 12.1 Å². The van der Waals surface area contributed by atoms with Crippen LogP contribution in [-0.4, -0.2) is 27.9 Å². The molecule has 6 heteroatoms. The predicted molar refractivity (Wildman–Crippen MR) is 85.7 cm³/mol. The summed E-state index contributed by atoms with van der Waals surface area (Å²) in [6.07, 6.45) is 2.14. The number of nitrogens with one attached hydrogen (secondary N) is 1. The van der Waals surface area contributed by atoms with Crippen molar-refractivity contribution in [1.29, 1.82) is 0 Å². The van der Waals surface area contributed by atoms with E-state index < -0.39 is 23.1 Å². The number of phenols is 1. The Labute approximate surface area is 135 Å². The average molecular weight is 321 g/mol. The molecule has 0 aliphatic heterocycles. The van der Waals surface area contributed by atoms with Crippen molar-refractivity contribution in [2.24, 2.45) is 0 Å². The summed E-state index contributed by atoms with van der Waals surface area (Å²) in [5.74, 6) is -1.04. The molecule has 1 saturated carbocycles. The fourth-order valence-electron chi connectivity index (χ4n) is 2.95. The van der Waals surface area contributed by atoms with E-state index in [0.717, 1.165) is 12.8 Å². The van der Waals surface area contributed by atoms with Gasteiger partial charge in [-0.15, -0.1) is 0 Å². The van der Waals surface area contributed by atoms with Crippen LogP contribution < -0.4 is 5.32 Å². The fraction of sp³-hybridized carbons (Fsp3) is 0.529. The number of carboxylic acid groups (broad SMARTS) is 1. The van der Waals surface area contributed by atoms with E-state index in [9.17, 15) is 19.8 Å². The van der Waals surface area contributed by atoms with Gasteiger partial charge in [0.05, 0.1) is 11.1 Å². The maximum absolute atomic E-state index is 11.8. The van der Waals surface area contributed by atoms with Gasteiger partial charge in [0.15, 0.2) is 0 Å². The first kappa shape index (κ1) is 17.1. The van der Waals surface area contributed by atoms with E-state index in [-0.39, 0.29) is 11.4 Å². The Balaban J connectivity index is 2.21. The molecular weight excluding hydrogens is 298 g/mol. The number of aliphatic carboxylic acids is 1. The quantitative estimate of drug-likeness (QED) is 0.739. The molecule has 1 aromatic rings. The van der Waals surface area contributed by atoms with Gasteiger partial charge < -0.3 is 14.9 Å². The number of ether oxygens (including phenoxy) is 1. The number of carboxylic acids is 1. The van der Waals surface area contributed by atoms with E-state index in [1.54, 1.807) is 26.8 Å². The summed E-state index contributed by atoms with van der Waals surface area (Å²) in [6.45, 7) is 5.23. The highest BCUT2D eigenvalue weighted by Gasteiger charge is 2.43. The summed E-state index contributed by atoms with van der Waals surface area (Å²) in [6, 6.07) is 4.58. The van der Waals surface area contributed by atoms with E-state index >= 15 is 0 Å². The third-order valence-electron chi connectivity index (χ3n) is 4.05. The first-order chi connectivity index (χ1) is 10.6. The molecule has 0 unspecified atom stereocenters. The van der Waals surface area contributed by atoms with Gasteiger partial charge in [-0.3, -0.25) is 10.1 Å². The van der Waals surface area contributed by atoms with Crippen molar-refractivity contribution in [3.05, 3.63) is 23.8 Å². The van der Waals surface area contributed by atoms with Crippen molar-refractivity contribution in [3.8, 4) is 5.75 Å². The van der Waals surface area contributed by atoms with Crippen LogP contribution in [-0.2, 0) is 14.9 Å². The molecule has 0 spiro atoms. The summed E-state index contributed by atoms with van der Waals surface area (Å²) in [5, 5.41) is 22.2. The van der Waals surface area contributed by atoms with Crippen LogP contribution in [0.4, 0.5) is 10.5 Å². The van der Waals surface area contributed by atoms with E-state index in [2.05, 4.69) is 5.32 Å². The number of rotatable bonds is 3. The number of hydrogen-bond donors (Lipinski definition) is 3. The lowest BCUT2D eigenvalue weighted by Gasteiger charge is -2.25. The normalized spacial score (nSPS) is 16.8. The number of anilines is 1. The average Bonchev–Trinajstić information content (AvgIpc) is 2.89. The number of hydrogen-bond acceptors (Lipinski definition) is 4. The number of amides is 1. The molecule has 1 aromatic carbocycles. The third kappa shape index (κ3) is 3.75. The molecule has 1 aliphatic rings. The number of carbonyl (C=O) groups is 2. The molecule has 2 rings (SSSR count). The Hall–Kier alpha value is -2.24. The lowest BCUT2D eigenvalue weighted by Crippen LogP contribution is -2.32. The van der Waals surface area contributed by atoms with Crippen LogP contribution in [0.3, 0.4) is 0 Å². The molecule has 1 amide bonds. The van der Waals surface area contributed by atoms with Gasteiger partial charge in [0.25, 0.3) is 0 Å². The van der Waals surface area contributed by atoms with Crippen LogP contribution in [0.25, 0.3) is 0 Å². The van der Waals surface area contributed by atoms with E-state index in [4.69, 9.17) is 4.74 Å². The van der Waals surface area contributed by atoms with Crippen LogP contribution in [0.2, 0.25) is 0 Å². The monoisotopic (exact) mass is 321 g/mol. The third-order valence-corrected chi connectivity index (χ3v) is 4.05. The zero-order chi connectivity index (χ0) is 17.3. The van der Waals surface area contributed by atoms with Crippen LogP contribution in [0.5, 0.6) is 5.75 Å². The van der Waals surface area contributed by atoms with Gasteiger partial charge in [-0.1, -0.05) is 18.9 Å². The second-order valence-corrected chi connectivity index (χ2v) is 6.95. The summed E-state index contributed by atoms with van der Waals surface area (Å²) < 4.78 is 5.13. The molecule has 0 saturated heterocycles. The highest BCUT2D eigenvalue weighted by Crippen LogP contribution is 2.43. The minimum absolute atomic E-state index is 0.166. The second-order valence-electron chi connectivity index (χ2n) is 6.95. The maximum Gasteiger partial charge on any atom is 0.412 e. The van der Waals surface area contributed by atoms with Gasteiger partial charge in [-0.25, -0.2) is 4.79 Å². The van der Waals surface area contributed by atoms with Crippen molar-refractivity contribution < 1.29 is 24.5 Å². The fourth-order valence-corrected chi connectivity index (χ4v) is 2.95. The van der Waals surface area contributed by atoms with Gasteiger partial charge in [-0.2, -0.15) is 0 Å². The minimum Gasteiger partial charge on any atom is -0.506 e. The molecule has 0 radical (unpaired) electrons. The number of phenolic OH excluding ortho intramolecular Hbond substituents is 1. The summed E-state index contributed by atoms with van der Waals surface area (Å²) in [4.78, 5) is 23.4. The number of carbonyl (C=O) groups excluding carboxylic acids is 1. The highest BCUT2D eigenvalue weighted by molar-refractivity contribution is 5.88. The molecule has 6 nitrogen and oxygen atoms in total. The van der Waals surface area contributed by atoms with Gasteiger partial charge in [0, 0.05) is 0 Å². The molecule has 3 N–H and O–H groups in total. The van der Waals surface area contributed by atoms with Crippen molar-refractivity contribution in [3.63, 3.8) is 0 Å². The Bertz CT molecular complexity index is 612. The molecular formula is C17H23NO5. The van der Waals surface area contributed by atoms with Crippen LogP contribution in [0.15, 0.2) is 18.2 Å². The second kappa shape index (κ2) is 6.10. The molecule has 1 fully saturated rings. The van der Waals surface area contributed by atoms with E-state index in [0.29, 0.717) is 18.4 Å². The molecule has 23 heavy (non-hydrogen) atoms. The van der Waals surface area contributed by atoms with Crippen LogP contribution in [0.1, 0.15) is 52.0 Å². The molecule has 126 valence electrons. The van der Waals surface area contributed by atoms with Crippen LogP contribution >= 0.6 is 0 Å². The highest BCUT2D eigenvalue weighted by atomic mass is 16.6. The summed E-state index contributed by atoms with van der Waals surface area (Å²) >= 11 is 0. The zero-order valence-corrected chi connectivity index (χ0v) is 13.7. The van der Waals surface area contributed by atoms with Crippen LogP contribution in [0, 0.1) is 0 Å². The number of benzene rings is 1. The summed E-state index contributed by atoms with van der Waals surface area (Å²) in [7, 11) is 0. The molecule has 0 aromatic heterocycles. The van der Waals surface area contributed by atoms with E-state index in [1.807, 2.05) is 0 Å². The molecule has 0 bridgehead atoms. The predicted octanol–water partition coefficient (Wildman–Crippen LogP) is 3.64. The standard InChI is InChI=1S/C17H23NO5/c1-16(2,3)23-15(22)18-12-7-6-11(10-13(12)19)17(14(20)21)8-4-5-9-17/h6-7,10,19H,4-5,8-9H2,1-3H3,(H,18,22)(H,20,21). The van der Waals surface area contributed by atoms with Gasteiger partial charge in [0.1, 0.15) is 11.4 Å². The van der Waals surface area contributed by atoms with Gasteiger partial charge in [0.2, 0.25) is 0 Å². The van der Waals surface area contributed by atoms with Gasteiger partial charge in [-0.05, 0) is 51.3 Å². The lowest BCUT2D eigenvalue weighted by molar-refractivity contribution is -0.143. The Morgan fingerprint density at radius 3 is 2.30 bits per heavy atom. The van der Waals surface area contributed by atoms with Crippen molar-refractivity contribution in [1.82, 2.24) is 0 Å².